The van der Waals surface area contributed by atoms with E-state index in [0.29, 0.717) is 109 Å². The van der Waals surface area contributed by atoms with Crippen molar-refractivity contribution in [2.45, 2.75) is 88.8 Å². The summed E-state index contributed by atoms with van der Waals surface area (Å²) in [7, 11) is -0.144. The molecule has 3 saturated carbocycles. The van der Waals surface area contributed by atoms with Crippen molar-refractivity contribution in [3.8, 4) is 90.3 Å². The number of halogens is 4. The molecule has 30 nitrogen and oxygen atoms in total. The van der Waals surface area contributed by atoms with Gasteiger partial charge in [0.25, 0.3) is 0 Å². The molecule has 9 aromatic heterocycles. The van der Waals surface area contributed by atoms with Crippen LogP contribution in [0.3, 0.4) is 0 Å². The summed E-state index contributed by atoms with van der Waals surface area (Å²) in [4.78, 5) is 97.7. The molecule has 4 fully saturated rings. The molecule has 0 bridgehead atoms. The molecule has 0 spiro atoms. The molecular formula is C96H91Cl4N25O5S. The van der Waals surface area contributed by atoms with Gasteiger partial charge >= 0.3 is 12.1 Å². The maximum atomic E-state index is 12.8. The summed E-state index contributed by atoms with van der Waals surface area (Å²) in [5.74, 6) is 5.44. The van der Waals surface area contributed by atoms with E-state index in [1.807, 2.05) is 163 Å². The molecule has 0 unspecified atom stereocenters. The Bertz CT molecular complexity index is 6950. The molecule has 0 atom stereocenters. The molecule has 1 saturated heterocycles. The Labute approximate surface area is 775 Å². The van der Waals surface area contributed by atoms with Crippen LogP contribution < -0.4 is 41.9 Å². The van der Waals surface area contributed by atoms with Gasteiger partial charge in [-0.05, 0) is 178 Å². The zero-order valence-electron chi connectivity index (χ0n) is 71.6. The van der Waals surface area contributed by atoms with Crippen molar-refractivity contribution in [1.82, 2.24) is 89.8 Å². The first-order chi connectivity index (χ1) is 63.7. The predicted octanol–water partition coefficient (Wildman–Crippen LogP) is 20.6. The van der Waals surface area contributed by atoms with Gasteiger partial charge < -0.3 is 62.1 Å². The van der Waals surface area contributed by atoms with E-state index in [2.05, 4.69) is 110 Å². The number of amides is 5. The van der Waals surface area contributed by atoms with Crippen LogP contribution in [0.4, 0.5) is 50.2 Å². The van der Waals surface area contributed by atoms with E-state index in [0.717, 1.165) is 176 Å². The van der Waals surface area contributed by atoms with E-state index in [1.54, 1.807) is 92.3 Å². The Morgan fingerprint density at radius 2 is 1.05 bits per heavy atom. The molecule has 664 valence electrons. The van der Waals surface area contributed by atoms with E-state index in [-0.39, 0.29) is 30.1 Å². The highest BCUT2D eigenvalue weighted by Crippen LogP contribution is 2.46. The minimum Gasteiger partial charge on any atom is -0.357 e. The number of aromatic amines is 4. The van der Waals surface area contributed by atoms with Crippen molar-refractivity contribution in [3.63, 3.8) is 0 Å². The van der Waals surface area contributed by atoms with Gasteiger partial charge in [-0.3, -0.25) is 14.2 Å². The maximum Gasteiger partial charge on any atom is 0.323 e. The monoisotopic (exact) mass is 1850 g/mol. The number of imidazole rings is 3. The number of aryl methyl sites for hydroxylation is 2. The highest BCUT2D eigenvalue weighted by Gasteiger charge is 2.33. The molecule has 16 aromatic rings. The van der Waals surface area contributed by atoms with E-state index >= 15 is 0 Å². The van der Waals surface area contributed by atoms with Crippen molar-refractivity contribution in [2.75, 3.05) is 76.9 Å². The molecule has 5 amide bonds. The van der Waals surface area contributed by atoms with Crippen LogP contribution in [0, 0.1) is 6.92 Å². The molecule has 1 aliphatic heterocycles. The average Bonchev–Trinajstić information content (AvgIpc) is 1.64. The number of nitrogens with one attached hydrogen (secondary N) is 12. The first-order valence-electron chi connectivity index (χ1n) is 42.8. The van der Waals surface area contributed by atoms with Crippen molar-refractivity contribution >= 4 is 126 Å². The fourth-order valence-corrected chi connectivity index (χ4v) is 16.7. The van der Waals surface area contributed by atoms with Gasteiger partial charge in [0.1, 0.15) is 28.8 Å². The second-order valence-corrected chi connectivity index (χ2v) is 35.2. The molecule has 12 N–H and O–H groups in total. The van der Waals surface area contributed by atoms with Crippen molar-refractivity contribution in [1.29, 1.82) is 0 Å². The number of nitrogens with zero attached hydrogens (tertiary/aromatic N) is 13. The van der Waals surface area contributed by atoms with Crippen LogP contribution >= 0.6 is 46.4 Å². The lowest BCUT2D eigenvalue weighted by Gasteiger charge is -2.14. The Kier molecular flexibility index (Phi) is 27.1. The van der Waals surface area contributed by atoms with Gasteiger partial charge in [0.05, 0.1) is 78.5 Å². The second kappa shape index (κ2) is 40.1. The maximum absolute atomic E-state index is 12.8. The Balaban J connectivity index is 0.000000122. The van der Waals surface area contributed by atoms with E-state index < -0.39 is 10.0 Å². The van der Waals surface area contributed by atoms with E-state index in [4.69, 9.17) is 66.5 Å². The summed E-state index contributed by atoms with van der Waals surface area (Å²) in [6.45, 7) is 7.42. The third kappa shape index (κ3) is 22.3. The SMILES string of the molecule is CCn1cc(-c2ccnc3[nH]ccc23)c(-c2cccc(NC(=O)Nc3ccc(C)cc3)c2)n1.CNc1nccc(-c2[nH]c(C3CC3)nc2-c2cccc(NC(=O)Cc3ccc(Cl)cc3)c2)n1.CNc1nccc(-c2[nH]c(C3CC3)nc2-c2cccc(NS(=O)(=O)Cc3ccc(Cl)c(Cl)c3)c2)n1.O=C1NCCN1CCNc1nccc(-c2[nH]c(C3CC3)nc2-c2ccccc2Cl)n1. The number of H-pyrrole nitrogens is 4. The number of rotatable bonds is 27. The average molecular weight is 1850 g/mol. The minimum atomic E-state index is -3.69. The zero-order chi connectivity index (χ0) is 90.7. The van der Waals surface area contributed by atoms with E-state index in [1.165, 1.54) is 0 Å². The molecule has 20 rings (SSSR count). The second-order valence-electron chi connectivity index (χ2n) is 31.8. The molecule has 3 aliphatic carbocycles. The Morgan fingerprint density at radius 1 is 0.504 bits per heavy atom. The van der Waals surface area contributed by atoms with Crippen molar-refractivity contribution in [2.24, 2.45) is 0 Å². The van der Waals surface area contributed by atoms with Crippen molar-refractivity contribution < 1.29 is 22.8 Å². The first kappa shape index (κ1) is 88.6. The number of anilines is 7. The smallest absolute Gasteiger partial charge is 0.323 e. The molecule has 4 aliphatic rings. The number of hydrogen-bond donors (Lipinski definition) is 12. The van der Waals surface area contributed by atoms with Crippen LogP contribution in [-0.4, -0.2) is 151 Å². The van der Waals surface area contributed by atoms with Gasteiger partial charge in [-0.25, -0.2) is 67.8 Å². The highest BCUT2D eigenvalue weighted by molar-refractivity contribution is 7.91. The first-order valence-corrected chi connectivity index (χ1v) is 46.0. The lowest BCUT2D eigenvalue weighted by atomic mass is 10.00. The lowest BCUT2D eigenvalue weighted by Crippen LogP contribution is -2.32. The molecule has 10 heterocycles. The Morgan fingerprint density at radius 3 is 1.63 bits per heavy atom. The summed E-state index contributed by atoms with van der Waals surface area (Å²) < 4.78 is 30.3. The molecular weight excluding hydrogens is 1760 g/mol. The number of benzene rings is 7. The van der Waals surface area contributed by atoms with Crippen molar-refractivity contribution in [3.05, 3.63) is 286 Å². The third-order valence-electron chi connectivity index (χ3n) is 22.0. The van der Waals surface area contributed by atoms with Crippen LogP contribution in [0.15, 0.2) is 231 Å². The number of carbonyl (C=O) groups is 3. The molecule has 35 heteroatoms. The number of aromatic nitrogens is 16. The van der Waals surface area contributed by atoms with Crippen LogP contribution in [0.1, 0.15) is 97.4 Å². The zero-order valence-corrected chi connectivity index (χ0v) is 75.5. The minimum absolute atomic E-state index is 0.0269. The van der Waals surface area contributed by atoms with Gasteiger partial charge in [-0.1, -0.05) is 137 Å². The third-order valence-corrected chi connectivity index (χ3v) is 24.5. The number of hydrogen-bond acceptors (Lipinski definition) is 19. The quantitative estimate of drug-likeness (QED) is 0.0227. The predicted molar refractivity (Wildman–Crippen MR) is 517 cm³/mol. The fourth-order valence-electron chi connectivity index (χ4n) is 14.9. The van der Waals surface area contributed by atoms with Crippen LogP contribution in [0.5, 0.6) is 0 Å². The normalized spacial score (nSPS) is 13.3. The number of carbonyl (C=O) groups excluding carboxylic acids is 3. The summed E-state index contributed by atoms with van der Waals surface area (Å²) >= 11 is 24.4. The summed E-state index contributed by atoms with van der Waals surface area (Å²) in [5, 5.41) is 28.6. The van der Waals surface area contributed by atoms with E-state index in [9.17, 15) is 22.8 Å². The topological polar surface area (TPSA) is 395 Å². The van der Waals surface area contributed by atoms with Crippen LogP contribution in [0.25, 0.3) is 101 Å². The van der Waals surface area contributed by atoms with Crippen LogP contribution in [-0.2, 0) is 33.5 Å². The summed E-state index contributed by atoms with van der Waals surface area (Å²) in [6.07, 6.45) is 17.9. The van der Waals surface area contributed by atoms with Gasteiger partial charge in [0.2, 0.25) is 33.8 Å². The number of fused-ring (bicyclic) bond motifs is 1. The molecule has 0 radical (unpaired) electrons. The molecule has 7 aromatic carbocycles. The van der Waals surface area contributed by atoms with Gasteiger partial charge in [-0.2, -0.15) is 5.10 Å². The molecule has 131 heavy (non-hydrogen) atoms. The largest absolute Gasteiger partial charge is 0.357 e. The summed E-state index contributed by atoms with van der Waals surface area (Å²) in [5.41, 5.74) is 19.4. The van der Waals surface area contributed by atoms with Gasteiger partial charge in [0.15, 0.2) is 0 Å². The number of pyridine rings is 1. The standard InChI is InChI=1S/C26H24N6O.C25H23ClN6O.C24H22Cl2N6O2S.C21H22ClN7O/c1-3-32-16-23(21-11-13-27-25-22(21)12-14-28-25)24(31-32)18-5-4-6-20(15-18)30-26(33)29-19-9-7-17(2)8-10-19;1-27-25-28-12-11-20(30-25)23-22(31-24(32-23)16-7-8-16)17-3-2-4-19(14-17)29-21(33)13-15-5-9-18(26)10-6-15;1-27-24-28-10-9-20(29-24)22-21(30-23(31-22)15-6-7-15)16-3-2-4-17(12-16)32-35(33,34)13-14-5-8-18(25)19(26)11-14;22-15-4-2-1-3-14(15)17-18(28-19(27-17)13-5-6-13)16-7-8-23-20(26-16)24-9-11-29-12-10-25-21(29)30/h4-16H,3H2,1-2H3,(H,27,28)(H2,29,30,33);2-6,9-12,14,16H,7-8,13H2,1H3,(H,29,33)(H,31,32)(H,27,28,30);2-5,8-12,15,32H,6-7,13H2,1H3,(H,30,31)(H,27,28,29);1-4,7-8,13H,5-6,9-12H2,(H,25,30)(H,27,28)(H,23,24,26). The van der Waals surface area contributed by atoms with Gasteiger partial charge in [-0.15, -0.1) is 0 Å². The highest BCUT2D eigenvalue weighted by atomic mass is 35.5. The number of urea groups is 2. The Hall–Kier alpha value is -14.4. The lowest BCUT2D eigenvalue weighted by molar-refractivity contribution is -0.115. The number of sulfonamides is 1. The van der Waals surface area contributed by atoms with Gasteiger partial charge in [0, 0.05) is 163 Å². The van der Waals surface area contributed by atoms with Crippen LogP contribution in [0.2, 0.25) is 20.1 Å². The fraction of sp³-hybridized carbons (Fsp3) is 0.208. The summed E-state index contributed by atoms with van der Waals surface area (Å²) in [6, 6.07) is 59.3.